The molecule has 150 valence electrons. The number of hydrogen-bond acceptors (Lipinski definition) is 2. The molecule has 0 saturated heterocycles. The number of fused-ring (bicyclic) bond motifs is 1. The summed E-state index contributed by atoms with van der Waals surface area (Å²) in [5.74, 6) is 0.800. The number of rotatable bonds is 6. The van der Waals surface area contributed by atoms with Gasteiger partial charge in [-0.3, -0.25) is 4.79 Å². The third-order valence-corrected chi connectivity index (χ3v) is 6.09. The van der Waals surface area contributed by atoms with Crippen molar-refractivity contribution in [1.82, 2.24) is 4.57 Å². The molecule has 0 bridgehead atoms. The summed E-state index contributed by atoms with van der Waals surface area (Å²) in [5, 5.41) is 0.569. The molecule has 0 saturated carbocycles. The minimum Gasteiger partial charge on any atom is -0.487 e. The van der Waals surface area contributed by atoms with Gasteiger partial charge in [-0.1, -0.05) is 59.1 Å². The molecule has 0 radical (unpaired) electrons. The summed E-state index contributed by atoms with van der Waals surface area (Å²) in [6.07, 6.45) is 4.13. The number of pyridine rings is 1. The number of nitrogens with zero attached hydrogens (tertiary/aromatic N) is 1. The summed E-state index contributed by atoms with van der Waals surface area (Å²) in [4.78, 5) is 12.7. The zero-order chi connectivity index (χ0) is 20.4. The van der Waals surface area contributed by atoms with Crippen molar-refractivity contribution >= 4 is 23.2 Å². The van der Waals surface area contributed by atoms with Gasteiger partial charge in [0, 0.05) is 6.54 Å². The molecule has 0 amide bonds. The number of hydrogen-bond donors (Lipinski definition) is 0. The third kappa shape index (κ3) is 4.52. The van der Waals surface area contributed by atoms with Gasteiger partial charge in [-0.2, -0.15) is 0 Å². The maximum absolute atomic E-state index is 12.7. The average Bonchev–Trinajstić information content (AvgIpc) is 3.18. The third-order valence-electron chi connectivity index (χ3n) is 5.49. The van der Waals surface area contributed by atoms with E-state index in [2.05, 4.69) is 43.3 Å². The molecule has 1 heterocycles. The fourth-order valence-corrected chi connectivity index (χ4v) is 4.34. The van der Waals surface area contributed by atoms with Crippen molar-refractivity contribution in [2.24, 2.45) is 0 Å². The van der Waals surface area contributed by atoms with E-state index in [1.54, 1.807) is 4.57 Å². The number of ether oxygens (including phenoxy) is 1. The molecule has 3 aromatic rings. The van der Waals surface area contributed by atoms with E-state index >= 15 is 0 Å². The average molecular weight is 428 g/mol. The summed E-state index contributed by atoms with van der Waals surface area (Å²) in [6.45, 7) is 2.77. The molecule has 29 heavy (non-hydrogen) atoms. The first-order valence-electron chi connectivity index (χ1n) is 9.89. The summed E-state index contributed by atoms with van der Waals surface area (Å²) >= 11 is 12.6. The maximum Gasteiger partial charge on any atom is 0.269 e. The lowest BCUT2D eigenvalue weighted by Crippen LogP contribution is -2.26. The smallest absolute Gasteiger partial charge is 0.269 e. The van der Waals surface area contributed by atoms with Gasteiger partial charge in [0.05, 0.1) is 10.7 Å². The van der Waals surface area contributed by atoms with Crippen molar-refractivity contribution in [3.05, 3.63) is 96.9 Å². The Morgan fingerprint density at radius 1 is 0.966 bits per heavy atom. The predicted octanol–water partition coefficient (Wildman–Crippen LogP) is 5.77. The molecule has 3 nitrogen and oxygen atoms in total. The monoisotopic (exact) mass is 427 g/mol. The van der Waals surface area contributed by atoms with Crippen molar-refractivity contribution < 1.29 is 4.74 Å². The van der Waals surface area contributed by atoms with Crippen molar-refractivity contribution in [3.63, 3.8) is 0 Å². The van der Waals surface area contributed by atoms with Gasteiger partial charge in [0.2, 0.25) is 0 Å². The van der Waals surface area contributed by atoms with Crippen LogP contribution in [0, 0.1) is 6.92 Å². The molecule has 5 heteroatoms. The Morgan fingerprint density at radius 3 is 2.52 bits per heavy atom. The zero-order valence-corrected chi connectivity index (χ0v) is 17.9. The molecule has 0 fully saturated rings. The molecule has 4 rings (SSSR count). The normalized spacial score (nSPS) is 12.8. The zero-order valence-electron chi connectivity index (χ0n) is 16.4. The highest BCUT2D eigenvalue weighted by atomic mass is 35.5. The van der Waals surface area contributed by atoms with Crippen molar-refractivity contribution in [1.29, 1.82) is 0 Å². The van der Waals surface area contributed by atoms with Crippen molar-refractivity contribution in [2.75, 3.05) is 0 Å². The summed E-state index contributed by atoms with van der Waals surface area (Å²) in [5.41, 5.74) is 5.52. The fraction of sp³-hybridized carbons (Fsp3) is 0.292. The molecule has 0 atom stereocenters. The molecular weight excluding hydrogens is 405 g/mol. The van der Waals surface area contributed by atoms with Gasteiger partial charge in [0.1, 0.15) is 17.4 Å². The van der Waals surface area contributed by atoms with E-state index in [4.69, 9.17) is 27.9 Å². The predicted molar refractivity (Wildman–Crippen MR) is 118 cm³/mol. The van der Waals surface area contributed by atoms with Crippen LogP contribution in [0.15, 0.2) is 53.3 Å². The van der Waals surface area contributed by atoms with E-state index in [1.807, 2.05) is 6.07 Å². The fourth-order valence-electron chi connectivity index (χ4n) is 3.81. The first kappa shape index (κ1) is 20.1. The van der Waals surface area contributed by atoms with Crippen LogP contribution in [0.2, 0.25) is 10.0 Å². The summed E-state index contributed by atoms with van der Waals surface area (Å²) < 4.78 is 7.65. The Morgan fingerprint density at radius 2 is 1.72 bits per heavy atom. The van der Waals surface area contributed by atoms with E-state index in [0.29, 0.717) is 23.7 Å². The van der Waals surface area contributed by atoms with E-state index in [-0.39, 0.29) is 17.2 Å². The Labute approximate surface area is 180 Å². The van der Waals surface area contributed by atoms with Crippen molar-refractivity contribution in [2.45, 2.75) is 45.8 Å². The van der Waals surface area contributed by atoms with Crippen molar-refractivity contribution in [3.8, 4) is 5.75 Å². The number of benzene rings is 2. The highest BCUT2D eigenvalue weighted by Gasteiger charge is 2.15. The second kappa shape index (κ2) is 8.64. The van der Waals surface area contributed by atoms with Crippen LogP contribution < -0.4 is 10.3 Å². The minimum absolute atomic E-state index is 0.125. The van der Waals surface area contributed by atoms with E-state index in [1.165, 1.54) is 29.2 Å². The highest BCUT2D eigenvalue weighted by Crippen LogP contribution is 2.27. The molecule has 1 aromatic heterocycles. The number of aryl methyl sites for hydroxylation is 4. The van der Waals surface area contributed by atoms with E-state index in [0.717, 1.165) is 24.2 Å². The van der Waals surface area contributed by atoms with Crippen LogP contribution in [-0.2, 0) is 32.4 Å². The number of aromatic nitrogens is 1. The second-order valence-corrected chi connectivity index (χ2v) is 8.37. The molecule has 2 aromatic carbocycles. The molecular formula is C24H23Cl2NO2. The minimum atomic E-state index is -0.240. The molecule has 1 aliphatic carbocycles. The van der Waals surface area contributed by atoms with Crippen LogP contribution in [0.3, 0.4) is 0 Å². The van der Waals surface area contributed by atoms with E-state index < -0.39 is 0 Å². The van der Waals surface area contributed by atoms with Crippen LogP contribution in [0.4, 0.5) is 0 Å². The van der Waals surface area contributed by atoms with Crippen LogP contribution in [0.25, 0.3) is 0 Å². The number of halogens is 2. The van der Waals surface area contributed by atoms with Gasteiger partial charge >= 0.3 is 0 Å². The SMILES string of the molecule is Cc1ccc(CCn2c(COc3ccc4c(c3)CCC4)c(Cl)cc(Cl)c2=O)cc1. The molecule has 1 aliphatic rings. The summed E-state index contributed by atoms with van der Waals surface area (Å²) in [6, 6.07) is 16.0. The Bertz CT molecular complexity index is 1090. The van der Waals surface area contributed by atoms with E-state index in [9.17, 15) is 4.79 Å². The van der Waals surface area contributed by atoms with Crippen LogP contribution in [0.1, 0.15) is 34.4 Å². The Kier molecular flexibility index (Phi) is 5.98. The first-order chi connectivity index (χ1) is 14.0. The lowest BCUT2D eigenvalue weighted by molar-refractivity contribution is 0.292. The standard InChI is InChI=1S/C24H23Cl2NO2/c1-16-5-7-17(8-6-16)11-12-27-23(21(25)14-22(26)24(27)28)15-29-20-10-9-18-3-2-4-19(18)13-20/h5-10,13-14H,2-4,11-12,15H2,1H3. The van der Waals surface area contributed by atoms with Gasteiger partial charge in [0.25, 0.3) is 5.56 Å². The first-order valence-corrected chi connectivity index (χ1v) is 10.6. The highest BCUT2D eigenvalue weighted by molar-refractivity contribution is 6.34. The largest absolute Gasteiger partial charge is 0.487 e. The Hall–Kier alpha value is -2.23. The summed E-state index contributed by atoms with van der Waals surface area (Å²) in [7, 11) is 0. The van der Waals surface area contributed by atoms with Gasteiger partial charge in [-0.05, 0) is 67.5 Å². The molecule has 0 spiro atoms. The van der Waals surface area contributed by atoms with Crippen LogP contribution in [-0.4, -0.2) is 4.57 Å². The lowest BCUT2D eigenvalue weighted by atomic mass is 10.1. The molecule has 0 aliphatic heterocycles. The van der Waals surface area contributed by atoms with Gasteiger partial charge in [-0.15, -0.1) is 0 Å². The second-order valence-electron chi connectivity index (χ2n) is 7.55. The maximum atomic E-state index is 12.7. The topological polar surface area (TPSA) is 31.2 Å². The van der Waals surface area contributed by atoms with Crippen LogP contribution in [0.5, 0.6) is 5.75 Å². The van der Waals surface area contributed by atoms with Crippen LogP contribution >= 0.6 is 23.2 Å². The van der Waals surface area contributed by atoms with Gasteiger partial charge in [0.15, 0.2) is 0 Å². The van der Waals surface area contributed by atoms with Gasteiger partial charge in [-0.25, -0.2) is 0 Å². The molecule has 0 unspecified atom stereocenters. The van der Waals surface area contributed by atoms with Gasteiger partial charge < -0.3 is 9.30 Å². The quantitative estimate of drug-likeness (QED) is 0.499. The Balaban J connectivity index is 1.56. The molecule has 0 N–H and O–H groups in total. The lowest BCUT2D eigenvalue weighted by Gasteiger charge is -2.16.